The lowest BCUT2D eigenvalue weighted by molar-refractivity contribution is -0.139. The summed E-state index contributed by atoms with van der Waals surface area (Å²) in [5, 5.41) is 3.31. The zero-order valence-corrected chi connectivity index (χ0v) is 23.4. The molecule has 3 aromatic carbocycles. The molecule has 0 aromatic heterocycles. The van der Waals surface area contributed by atoms with Crippen LogP contribution in [0.5, 0.6) is 5.75 Å². The van der Waals surface area contributed by atoms with Gasteiger partial charge in [-0.1, -0.05) is 41.9 Å². The normalized spacial score (nSPS) is 12.1. The molecule has 0 radical (unpaired) electrons. The number of hydrogen-bond donors (Lipinski definition) is 1. The third-order valence-electron chi connectivity index (χ3n) is 5.81. The van der Waals surface area contributed by atoms with Crippen LogP contribution in [0, 0.1) is 0 Å². The third-order valence-corrected chi connectivity index (χ3v) is 7.83. The number of carbonyl (C=O) groups is 2. The number of carbonyl (C=O) groups excluding carboxylic acids is 2. The van der Waals surface area contributed by atoms with Crippen molar-refractivity contribution >= 4 is 39.1 Å². The molecule has 3 aromatic rings. The Bertz CT molecular complexity index is 1350. The molecule has 0 fully saturated rings. The summed E-state index contributed by atoms with van der Waals surface area (Å²) in [7, 11) is -2.65. The highest BCUT2D eigenvalue weighted by Crippen LogP contribution is 2.26. The van der Waals surface area contributed by atoms with E-state index < -0.39 is 28.5 Å². The van der Waals surface area contributed by atoms with Gasteiger partial charge >= 0.3 is 0 Å². The Hall–Kier alpha value is -3.56. The van der Waals surface area contributed by atoms with E-state index in [0.717, 1.165) is 4.31 Å². The van der Waals surface area contributed by atoms with Crippen LogP contribution < -0.4 is 14.4 Å². The molecule has 0 aliphatic carbocycles. The number of anilines is 1. The highest BCUT2D eigenvalue weighted by Gasteiger charge is 2.32. The maximum atomic E-state index is 13.8. The molecular weight excluding hydrogens is 526 g/mol. The first-order valence-corrected chi connectivity index (χ1v) is 13.9. The second-order valence-electron chi connectivity index (χ2n) is 9.01. The number of benzene rings is 3. The Morgan fingerprint density at radius 3 is 2.18 bits per heavy atom. The fourth-order valence-electron chi connectivity index (χ4n) is 3.82. The minimum atomic E-state index is -4.14. The van der Waals surface area contributed by atoms with Gasteiger partial charge < -0.3 is 15.0 Å². The van der Waals surface area contributed by atoms with Crippen molar-refractivity contribution in [2.45, 2.75) is 44.3 Å². The number of para-hydroxylation sites is 1. The van der Waals surface area contributed by atoms with E-state index in [0.29, 0.717) is 22.0 Å². The van der Waals surface area contributed by atoms with Gasteiger partial charge in [0.1, 0.15) is 18.3 Å². The quantitative estimate of drug-likeness (QED) is 0.375. The summed E-state index contributed by atoms with van der Waals surface area (Å²) < 4.78 is 33.7. The number of halogens is 1. The standard InChI is InChI=1S/C28H32ClN3O5S/c1-20(2)30-28(34)21(3)31(18-22-9-8-10-23(29)17-22)27(33)19-32(24-11-6-5-7-12-24)38(35,36)26-15-13-25(37-4)14-16-26/h5-17,20-21H,18-19H2,1-4H3,(H,30,34)/t21-/m1/s1. The van der Waals surface area contributed by atoms with E-state index in [4.69, 9.17) is 16.3 Å². The van der Waals surface area contributed by atoms with Gasteiger partial charge in [-0.25, -0.2) is 8.42 Å². The van der Waals surface area contributed by atoms with Gasteiger partial charge in [0, 0.05) is 17.6 Å². The SMILES string of the molecule is COc1ccc(S(=O)(=O)N(CC(=O)N(Cc2cccc(Cl)c2)[C@H](C)C(=O)NC(C)C)c2ccccc2)cc1. The Balaban J connectivity index is 2.00. The van der Waals surface area contributed by atoms with Gasteiger partial charge in [0.05, 0.1) is 17.7 Å². The Labute approximate surface area is 229 Å². The first kappa shape index (κ1) is 29.0. The molecule has 0 aliphatic heterocycles. The van der Waals surface area contributed by atoms with Crippen LogP contribution >= 0.6 is 11.6 Å². The van der Waals surface area contributed by atoms with Gasteiger partial charge in [0.25, 0.3) is 10.0 Å². The van der Waals surface area contributed by atoms with Crippen molar-refractivity contribution in [1.82, 2.24) is 10.2 Å². The number of rotatable bonds is 11. The molecule has 0 saturated heterocycles. The van der Waals surface area contributed by atoms with E-state index in [1.165, 1.54) is 24.1 Å². The average Bonchev–Trinajstić information content (AvgIpc) is 2.90. The van der Waals surface area contributed by atoms with Gasteiger partial charge in [-0.3, -0.25) is 13.9 Å². The molecule has 0 aliphatic rings. The van der Waals surface area contributed by atoms with Crippen LogP contribution in [0.4, 0.5) is 5.69 Å². The molecule has 0 bridgehead atoms. The van der Waals surface area contributed by atoms with Crippen molar-refractivity contribution in [2.24, 2.45) is 0 Å². The van der Waals surface area contributed by atoms with Gasteiger partial charge in [-0.05, 0) is 74.9 Å². The molecule has 0 heterocycles. The summed E-state index contributed by atoms with van der Waals surface area (Å²) in [5.41, 5.74) is 1.03. The van der Waals surface area contributed by atoms with Gasteiger partial charge in [-0.15, -0.1) is 0 Å². The van der Waals surface area contributed by atoms with Crippen molar-refractivity contribution in [3.63, 3.8) is 0 Å². The van der Waals surface area contributed by atoms with Crippen LogP contribution in [0.25, 0.3) is 0 Å². The van der Waals surface area contributed by atoms with Gasteiger partial charge in [0.15, 0.2) is 0 Å². The van der Waals surface area contributed by atoms with Crippen LogP contribution in [0.3, 0.4) is 0 Å². The summed E-state index contributed by atoms with van der Waals surface area (Å²) in [6, 6.07) is 20.3. The average molecular weight is 558 g/mol. The summed E-state index contributed by atoms with van der Waals surface area (Å²) in [6.07, 6.45) is 0. The topological polar surface area (TPSA) is 96.0 Å². The second-order valence-corrected chi connectivity index (χ2v) is 11.3. The van der Waals surface area contributed by atoms with Crippen molar-refractivity contribution in [1.29, 1.82) is 0 Å². The van der Waals surface area contributed by atoms with Gasteiger partial charge in [0.2, 0.25) is 11.8 Å². The third kappa shape index (κ3) is 7.26. The number of sulfonamides is 1. The Morgan fingerprint density at radius 2 is 1.61 bits per heavy atom. The minimum Gasteiger partial charge on any atom is -0.497 e. The Morgan fingerprint density at radius 1 is 0.947 bits per heavy atom. The summed E-state index contributed by atoms with van der Waals surface area (Å²) in [6.45, 7) is 4.82. The molecule has 2 amide bonds. The molecule has 1 atom stereocenters. The van der Waals surface area contributed by atoms with Crippen molar-refractivity contribution in [2.75, 3.05) is 18.0 Å². The van der Waals surface area contributed by atoms with Crippen LogP contribution in [-0.2, 0) is 26.2 Å². The minimum absolute atomic E-state index is 0.00180. The predicted molar refractivity (Wildman–Crippen MR) is 149 cm³/mol. The summed E-state index contributed by atoms with van der Waals surface area (Å²) in [4.78, 5) is 28.1. The molecule has 0 saturated carbocycles. The van der Waals surface area contributed by atoms with Crippen LogP contribution in [0.15, 0.2) is 83.8 Å². The lowest BCUT2D eigenvalue weighted by Crippen LogP contribution is -2.52. The zero-order valence-electron chi connectivity index (χ0n) is 21.8. The molecule has 202 valence electrons. The lowest BCUT2D eigenvalue weighted by atomic mass is 10.1. The number of nitrogens with one attached hydrogen (secondary N) is 1. The summed E-state index contributed by atoms with van der Waals surface area (Å²) in [5.74, 6) is -0.388. The maximum Gasteiger partial charge on any atom is 0.264 e. The molecule has 1 N–H and O–H groups in total. The molecule has 0 unspecified atom stereocenters. The van der Waals surface area contributed by atoms with E-state index in [1.54, 1.807) is 73.7 Å². The fourth-order valence-corrected chi connectivity index (χ4v) is 5.44. The van der Waals surface area contributed by atoms with Crippen molar-refractivity contribution in [3.8, 4) is 5.75 Å². The monoisotopic (exact) mass is 557 g/mol. The first-order chi connectivity index (χ1) is 18.0. The fraction of sp³-hybridized carbons (Fsp3) is 0.286. The zero-order chi connectivity index (χ0) is 27.9. The lowest BCUT2D eigenvalue weighted by Gasteiger charge is -2.32. The molecule has 10 heteroatoms. The highest BCUT2D eigenvalue weighted by molar-refractivity contribution is 7.92. The number of ether oxygens (including phenoxy) is 1. The molecule has 3 rings (SSSR count). The molecule has 38 heavy (non-hydrogen) atoms. The van der Waals surface area contributed by atoms with Crippen LogP contribution in [-0.4, -0.2) is 50.9 Å². The van der Waals surface area contributed by atoms with Crippen molar-refractivity contribution in [3.05, 3.63) is 89.4 Å². The van der Waals surface area contributed by atoms with E-state index in [1.807, 2.05) is 13.8 Å². The van der Waals surface area contributed by atoms with E-state index in [2.05, 4.69) is 5.32 Å². The second kappa shape index (κ2) is 12.8. The maximum absolute atomic E-state index is 13.8. The summed E-state index contributed by atoms with van der Waals surface area (Å²) >= 11 is 6.15. The number of methoxy groups -OCH3 is 1. The van der Waals surface area contributed by atoms with E-state index >= 15 is 0 Å². The largest absolute Gasteiger partial charge is 0.497 e. The number of hydrogen-bond acceptors (Lipinski definition) is 5. The van der Waals surface area contributed by atoms with E-state index in [-0.39, 0.29) is 23.4 Å². The first-order valence-electron chi connectivity index (χ1n) is 12.1. The highest BCUT2D eigenvalue weighted by atomic mass is 35.5. The Kier molecular flexibility index (Phi) is 9.77. The number of amides is 2. The van der Waals surface area contributed by atoms with E-state index in [9.17, 15) is 18.0 Å². The predicted octanol–water partition coefficient (Wildman–Crippen LogP) is 4.49. The molecular formula is C28H32ClN3O5S. The smallest absolute Gasteiger partial charge is 0.264 e. The van der Waals surface area contributed by atoms with Gasteiger partial charge in [-0.2, -0.15) is 0 Å². The molecule has 0 spiro atoms. The van der Waals surface area contributed by atoms with Crippen molar-refractivity contribution < 1.29 is 22.7 Å². The molecule has 8 nitrogen and oxygen atoms in total. The van der Waals surface area contributed by atoms with Crippen LogP contribution in [0.1, 0.15) is 26.3 Å². The van der Waals surface area contributed by atoms with Crippen LogP contribution in [0.2, 0.25) is 5.02 Å². The number of nitrogens with zero attached hydrogens (tertiary/aromatic N) is 2.